The van der Waals surface area contributed by atoms with Crippen molar-refractivity contribution in [2.24, 2.45) is 5.84 Å². The summed E-state index contributed by atoms with van der Waals surface area (Å²) < 4.78 is 19.2. The fraction of sp³-hybridized carbons (Fsp3) is 0.231. The van der Waals surface area contributed by atoms with Gasteiger partial charge in [-0.05, 0) is 30.2 Å². The van der Waals surface area contributed by atoms with Gasteiger partial charge in [-0.15, -0.1) is 0 Å². The summed E-state index contributed by atoms with van der Waals surface area (Å²) in [6.07, 6.45) is 1.88. The number of benzene rings is 1. The number of hydrogen-bond acceptors (Lipinski definition) is 5. The molecule has 1 heterocycles. The highest BCUT2D eigenvalue weighted by Crippen LogP contribution is 2.24. The van der Waals surface area contributed by atoms with E-state index in [-0.39, 0.29) is 11.9 Å². The summed E-state index contributed by atoms with van der Waals surface area (Å²) in [5.41, 5.74) is 4.15. The first-order valence-corrected chi connectivity index (χ1v) is 6.69. The largest absolute Gasteiger partial charge is 0.481 e. The lowest BCUT2D eigenvalue weighted by Crippen LogP contribution is -2.30. The van der Waals surface area contributed by atoms with Gasteiger partial charge in [0.2, 0.25) is 5.88 Å². The summed E-state index contributed by atoms with van der Waals surface area (Å²) in [7, 11) is 1.53. The van der Waals surface area contributed by atoms with Crippen molar-refractivity contribution in [1.29, 1.82) is 0 Å². The molecule has 0 spiro atoms. The van der Waals surface area contributed by atoms with Gasteiger partial charge in [-0.1, -0.05) is 15.9 Å². The lowest BCUT2D eigenvalue weighted by atomic mass is 10.0. The second-order valence-electron chi connectivity index (χ2n) is 4.14. The van der Waals surface area contributed by atoms with E-state index in [1.54, 1.807) is 12.1 Å². The number of methoxy groups -OCH3 is 1. The first kappa shape index (κ1) is 14.8. The summed E-state index contributed by atoms with van der Waals surface area (Å²) in [6.45, 7) is 0. The van der Waals surface area contributed by atoms with E-state index in [0.29, 0.717) is 18.0 Å². The molecule has 0 saturated carbocycles. The maximum Gasteiger partial charge on any atom is 0.216 e. The second kappa shape index (κ2) is 6.74. The van der Waals surface area contributed by atoms with Crippen LogP contribution in [-0.2, 0) is 6.42 Å². The lowest BCUT2D eigenvalue weighted by Gasteiger charge is -2.16. The van der Waals surface area contributed by atoms with Crippen LogP contribution in [0, 0.1) is 5.82 Å². The monoisotopic (exact) mass is 340 g/mol. The second-order valence-corrected chi connectivity index (χ2v) is 5.00. The van der Waals surface area contributed by atoms with Crippen LogP contribution in [0.25, 0.3) is 0 Å². The summed E-state index contributed by atoms with van der Waals surface area (Å²) >= 11 is 3.40. The van der Waals surface area contributed by atoms with Crippen LogP contribution in [0.3, 0.4) is 0 Å². The van der Waals surface area contributed by atoms with Gasteiger partial charge in [-0.25, -0.2) is 14.4 Å². The van der Waals surface area contributed by atoms with Crippen molar-refractivity contribution >= 4 is 15.9 Å². The van der Waals surface area contributed by atoms with E-state index in [0.717, 1.165) is 10.0 Å². The average Bonchev–Trinajstić information content (AvgIpc) is 2.48. The third-order valence-electron chi connectivity index (χ3n) is 2.86. The molecule has 0 radical (unpaired) electrons. The van der Waals surface area contributed by atoms with Crippen LogP contribution in [0.15, 0.2) is 35.1 Å². The minimum Gasteiger partial charge on any atom is -0.481 e. The van der Waals surface area contributed by atoms with Crippen LogP contribution in [-0.4, -0.2) is 17.1 Å². The minimum absolute atomic E-state index is 0.273. The van der Waals surface area contributed by atoms with Gasteiger partial charge in [-0.2, -0.15) is 0 Å². The smallest absolute Gasteiger partial charge is 0.216 e. The van der Waals surface area contributed by atoms with Crippen LogP contribution in [0.2, 0.25) is 0 Å². The summed E-state index contributed by atoms with van der Waals surface area (Å²) in [4.78, 5) is 8.11. The SMILES string of the molecule is COc1cc(C(Cc2cc(F)ccc2Br)NN)ncn1. The van der Waals surface area contributed by atoms with Crippen molar-refractivity contribution in [1.82, 2.24) is 15.4 Å². The molecule has 1 aromatic heterocycles. The Morgan fingerprint density at radius 2 is 2.20 bits per heavy atom. The van der Waals surface area contributed by atoms with Gasteiger partial charge >= 0.3 is 0 Å². The first-order chi connectivity index (χ1) is 9.63. The quantitative estimate of drug-likeness (QED) is 0.644. The molecule has 0 aliphatic carbocycles. The highest BCUT2D eigenvalue weighted by molar-refractivity contribution is 9.10. The molecule has 7 heteroatoms. The lowest BCUT2D eigenvalue weighted by molar-refractivity contribution is 0.393. The molecule has 1 aromatic carbocycles. The highest BCUT2D eigenvalue weighted by atomic mass is 79.9. The van der Waals surface area contributed by atoms with E-state index in [1.807, 2.05) is 0 Å². The Labute approximate surface area is 124 Å². The Balaban J connectivity index is 2.26. The van der Waals surface area contributed by atoms with Crippen molar-refractivity contribution < 1.29 is 9.13 Å². The average molecular weight is 341 g/mol. The number of aromatic nitrogens is 2. The summed E-state index contributed by atoms with van der Waals surface area (Å²) in [5, 5.41) is 0. The van der Waals surface area contributed by atoms with Gasteiger partial charge in [0.05, 0.1) is 18.8 Å². The zero-order valence-electron chi connectivity index (χ0n) is 10.8. The molecule has 0 amide bonds. The van der Waals surface area contributed by atoms with Gasteiger partial charge in [-0.3, -0.25) is 11.3 Å². The Hall–Kier alpha value is -1.57. The molecule has 1 atom stereocenters. The number of rotatable bonds is 5. The molecule has 0 aliphatic heterocycles. The van der Waals surface area contributed by atoms with E-state index in [2.05, 4.69) is 31.3 Å². The number of hydrazine groups is 1. The maximum atomic E-state index is 13.3. The maximum absolute atomic E-state index is 13.3. The van der Waals surface area contributed by atoms with Crippen molar-refractivity contribution in [2.45, 2.75) is 12.5 Å². The minimum atomic E-state index is -0.292. The van der Waals surface area contributed by atoms with Gasteiger partial charge in [0, 0.05) is 10.5 Å². The number of halogens is 2. The molecule has 5 nitrogen and oxygen atoms in total. The molecule has 106 valence electrons. The third-order valence-corrected chi connectivity index (χ3v) is 3.64. The zero-order valence-corrected chi connectivity index (χ0v) is 12.4. The molecule has 0 fully saturated rings. The molecule has 20 heavy (non-hydrogen) atoms. The van der Waals surface area contributed by atoms with Gasteiger partial charge < -0.3 is 4.74 Å². The Morgan fingerprint density at radius 1 is 1.40 bits per heavy atom. The van der Waals surface area contributed by atoms with E-state index in [9.17, 15) is 4.39 Å². The number of nitrogens with two attached hydrogens (primary N) is 1. The number of nitrogens with one attached hydrogen (secondary N) is 1. The molecule has 0 aliphatic rings. The number of nitrogens with zero attached hydrogens (tertiary/aromatic N) is 2. The van der Waals surface area contributed by atoms with Gasteiger partial charge in [0.15, 0.2) is 0 Å². The van der Waals surface area contributed by atoms with Crippen LogP contribution < -0.4 is 16.0 Å². The normalized spacial score (nSPS) is 12.2. The van der Waals surface area contributed by atoms with E-state index >= 15 is 0 Å². The topological polar surface area (TPSA) is 73.1 Å². The fourth-order valence-electron chi connectivity index (χ4n) is 1.82. The predicted octanol–water partition coefficient (Wildman–Crippen LogP) is 2.13. The van der Waals surface area contributed by atoms with Crippen LogP contribution >= 0.6 is 15.9 Å². The summed E-state index contributed by atoms with van der Waals surface area (Å²) in [5.74, 6) is 5.73. The predicted molar refractivity (Wildman–Crippen MR) is 76.5 cm³/mol. The van der Waals surface area contributed by atoms with Crippen molar-refractivity contribution in [2.75, 3.05) is 7.11 Å². The standard InChI is InChI=1S/C13H14BrFN4O/c1-20-13-6-11(17-7-18-13)12(19-16)5-8-4-9(15)2-3-10(8)14/h2-4,6-7,12,19H,5,16H2,1H3. The van der Waals surface area contributed by atoms with E-state index in [4.69, 9.17) is 10.6 Å². The van der Waals surface area contributed by atoms with Crippen LogP contribution in [0.1, 0.15) is 17.3 Å². The Kier molecular flexibility index (Phi) is 4.99. The third kappa shape index (κ3) is 3.50. The Bertz CT molecular complexity index is 596. The van der Waals surface area contributed by atoms with Crippen LogP contribution in [0.5, 0.6) is 5.88 Å². The van der Waals surface area contributed by atoms with Gasteiger partial charge in [0.25, 0.3) is 0 Å². The van der Waals surface area contributed by atoms with Crippen LogP contribution in [0.4, 0.5) is 4.39 Å². The van der Waals surface area contributed by atoms with E-state index in [1.165, 1.54) is 25.6 Å². The molecule has 2 rings (SSSR count). The number of ether oxygens (including phenoxy) is 1. The molecule has 2 aromatic rings. The molecular formula is C13H14BrFN4O. The van der Waals surface area contributed by atoms with Crippen molar-refractivity contribution in [3.63, 3.8) is 0 Å². The van der Waals surface area contributed by atoms with E-state index < -0.39 is 0 Å². The van der Waals surface area contributed by atoms with Crippen molar-refractivity contribution in [3.8, 4) is 5.88 Å². The molecular weight excluding hydrogens is 327 g/mol. The van der Waals surface area contributed by atoms with Crippen molar-refractivity contribution in [3.05, 3.63) is 52.1 Å². The highest BCUT2D eigenvalue weighted by Gasteiger charge is 2.15. The first-order valence-electron chi connectivity index (χ1n) is 5.90. The number of hydrogen-bond donors (Lipinski definition) is 2. The fourth-order valence-corrected chi connectivity index (χ4v) is 2.23. The zero-order chi connectivity index (χ0) is 14.5. The summed E-state index contributed by atoms with van der Waals surface area (Å²) in [6, 6.07) is 5.94. The molecule has 0 bridgehead atoms. The Morgan fingerprint density at radius 3 is 2.90 bits per heavy atom. The van der Waals surface area contributed by atoms with Gasteiger partial charge in [0.1, 0.15) is 12.1 Å². The molecule has 1 unspecified atom stereocenters. The molecule has 3 N–H and O–H groups in total. The molecule has 0 saturated heterocycles.